The van der Waals surface area contributed by atoms with Crippen molar-refractivity contribution in [1.82, 2.24) is 0 Å². The van der Waals surface area contributed by atoms with Gasteiger partial charge in [0, 0.05) is 11.1 Å². The van der Waals surface area contributed by atoms with E-state index in [0.29, 0.717) is 6.54 Å². The number of isocyanates is 1. The first-order chi connectivity index (χ1) is 8.43. The molecule has 0 atom stereocenters. The van der Waals surface area contributed by atoms with Gasteiger partial charge in [0.25, 0.3) is 0 Å². The van der Waals surface area contributed by atoms with Gasteiger partial charge in [0.05, 0.1) is 13.7 Å². The van der Waals surface area contributed by atoms with Gasteiger partial charge in [0.15, 0.2) is 0 Å². The van der Waals surface area contributed by atoms with Gasteiger partial charge in [0.1, 0.15) is 5.75 Å². The first-order valence-electron chi connectivity index (χ1n) is 6.18. The van der Waals surface area contributed by atoms with Crippen LogP contribution in [0, 0.1) is 0 Å². The Morgan fingerprint density at radius 3 is 2.44 bits per heavy atom. The molecule has 1 rings (SSSR count). The third kappa shape index (κ3) is 3.21. The number of nitrogens with zero attached hydrogens (tertiary/aromatic N) is 1. The van der Waals surface area contributed by atoms with Crippen LogP contribution in [0.15, 0.2) is 17.1 Å². The van der Waals surface area contributed by atoms with E-state index in [1.807, 2.05) is 0 Å². The fourth-order valence-electron chi connectivity index (χ4n) is 1.99. The van der Waals surface area contributed by atoms with Crippen LogP contribution in [0.2, 0.25) is 0 Å². The molecule has 0 bridgehead atoms. The summed E-state index contributed by atoms with van der Waals surface area (Å²) < 4.78 is 5.51. The van der Waals surface area contributed by atoms with Crippen LogP contribution >= 0.6 is 0 Å². The molecule has 0 unspecified atom stereocenters. The summed E-state index contributed by atoms with van der Waals surface area (Å²) in [5, 5.41) is 0. The van der Waals surface area contributed by atoms with Crippen molar-refractivity contribution in [3.8, 4) is 5.75 Å². The van der Waals surface area contributed by atoms with Gasteiger partial charge in [-0.3, -0.25) is 0 Å². The average Bonchev–Trinajstić information content (AvgIpc) is 2.33. The van der Waals surface area contributed by atoms with Crippen LogP contribution in [0.5, 0.6) is 5.75 Å². The summed E-state index contributed by atoms with van der Waals surface area (Å²) in [5.41, 5.74) is 3.33. The number of hydrogen-bond donors (Lipinski definition) is 0. The predicted molar refractivity (Wildman–Crippen MR) is 72.9 cm³/mol. The Labute approximate surface area is 109 Å². The van der Waals surface area contributed by atoms with E-state index in [2.05, 4.69) is 44.8 Å². The Balaban J connectivity index is 3.44. The highest BCUT2D eigenvalue weighted by Crippen LogP contribution is 2.35. The zero-order valence-electron chi connectivity index (χ0n) is 11.8. The molecule has 0 saturated carbocycles. The maximum absolute atomic E-state index is 10.3. The highest BCUT2D eigenvalue weighted by Gasteiger charge is 2.21. The smallest absolute Gasteiger partial charge is 0.235 e. The molecule has 0 N–H and O–H groups in total. The number of aryl methyl sites for hydroxylation is 1. The molecule has 0 aliphatic carbocycles. The molecule has 3 nitrogen and oxygen atoms in total. The summed E-state index contributed by atoms with van der Waals surface area (Å²) >= 11 is 0. The summed E-state index contributed by atoms with van der Waals surface area (Å²) in [5.74, 6) is 0.832. The second kappa shape index (κ2) is 5.83. The lowest BCUT2D eigenvalue weighted by Gasteiger charge is -2.24. The largest absolute Gasteiger partial charge is 0.496 e. The van der Waals surface area contributed by atoms with Gasteiger partial charge >= 0.3 is 0 Å². The Hall–Kier alpha value is -1.60. The van der Waals surface area contributed by atoms with Crippen molar-refractivity contribution in [3.63, 3.8) is 0 Å². The Bertz CT molecular complexity index is 466. The maximum Gasteiger partial charge on any atom is 0.235 e. The van der Waals surface area contributed by atoms with Crippen LogP contribution < -0.4 is 4.74 Å². The molecule has 0 amide bonds. The quantitative estimate of drug-likeness (QED) is 0.604. The minimum Gasteiger partial charge on any atom is -0.496 e. The van der Waals surface area contributed by atoms with E-state index in [9.17, 15) is 4.79 Å². The second-order valence-corrected chi connectivity index (χ2v) is 5.35. The maximum atomic E-state index is 10.3. The van der Waals surface area contributed by atoms with Crippen molar-refractivity contribution in [2.75, 3.05) is 7.11 Å². The number of aliphatic imine (C=N–C) groups is 1. The fourth-order valence-corrected chi connectivity index (χ4v) is 1.99. The third-order valence-corrected chi connectivity index (χ3v) is 2.96. The first kappa shape index (κ1) is 14.5. The van der Waals surface area contributed by atoms with Crippen LogP contribution in [0.3, 0.4) is 0 Å². The van der Waals surface area contributed by atoms with Gasteiger partial charge in [-0.1, -0.05) is 39.8 Å². The van der Waals surface area contributed by atoms with Crippen molar-refractivity contribution >= 4 is 6.08 Å². The van der Waals surface area contributed by atoms with Crippen LogP contribution in [0.4, 0.5) is 0 Å². The highest BCUT2D eigenvalue weighted by molar-refractivity contribution is 5.48. The Kier molecular flexibility index (Phi) is 4.69. The lowest BCUT2D eigenvalue weighted by atomic mass is 9.83. The first-order valence-corrected chi connectivity index (χ1v) is 6.18. The molecule has 0 spiro atoms. The van der Waals surface area contributed by atoms with Crippen molar-refractivity contribution < 1.29 is 9.53 Å². The van der Waals surface area contributed by atoms with E-state index in [1.54, 1.807) is 13.2 Å². The fraction of sp³-hybridized carbons (Fsp3) is 0.533. The zero-order valence-corrected chi connectivity index (χ0v) is 11.8. The minimum atomic E-state index is -0.00380. The molecular weight excluding hydrogens is 226 g/mol. The number of rotatable bonds is 4. The van der Waals surface area contributed by atoms with Crippen molar-refractivity contribution in [2.45, 2.75) is 46.1 Å². The van der Waals surface area contributed by atoms with Crippen LogP contribution in [0.25, 0.3) is 0 Å². The van der Waals surface area contributed by atoms with Crippen LogP contribution in [0.1, 0.15) is 44.4 Å². The number of carbonyl (C=O) groups excluding carboxylic acids is 1. The minimum absolute atomic E-state index is 0.00380. The zero-order chi connectivity index (χ0) is 13.8. The third-order valence-electron chi connectivity index (χ3n) is 2.96. The molecule has 98 valence electrons. The second-order valence-electron chi connectivity index (χ2n) is 5.35. The number of methoxy groups -OCH3 is 1. The predicted octanol–water partition coefficient (Wildman–Crippen LogP) is 3.39. The van der Waals surface area contributed by atoms with Crippen molar-refractivity contribution in [2.24, 2.45) is 4.99 Å². The van der Waals surface area contributed by atoms with E-state index in [4.69, 9.17) is 4.74 Å². The molecule has 1 aromatic rings. The molecule has 0 aromatic heterocycles. The van der Waals surface area contributed by atoms with Gasteiger partial charge in [-0.15, -0.1) is 0 Å². The number of benzene rings is 1. The molecule has 0 saturated heterocycles. The van der Waals surface area contributed by atoms with E-state index >= 15 is 0 Å². The topological polar surface area (TPSA) is 38.7 Å². The van der Waals surface area contributed by atoms with Crippen molar-refractivity contribution in [3.05, 3.63) is 28.8 Å². The molecule has 0 fully saturated rings. The van der Waals surface area contributed by atoms with E-state index < -0.39 is 0 Å². The average molecular weight is 247 g/mol. The molecule has 18 heavy (non-hydrogen) atoms. The van der Waals surface area contributed by atoms with Crippen LogP contribution in [-0.2, 0) is 23.2 Å². The molecule has 0 radical (unpaired) electrons. The highest BCUT2D eigenvalue weighted by atomic mass is 16.5. The molecule has 1 aromatic carbocycles. The van der Waals surface area contributed by atoms with E-state index in [-0.39, 0.29) is 5.41 Å². The Morgan fingerprint density at radius 1 is 1.33 bits per heavy atom. The molecular formula is C15H21NO2. The van der Waals surface area contributed by atoms with Gasteiger partial charge in [-0.25, -0.2) is 9.79 Å². The lowest BCUT2D eigenvalue weighted by molar-refractivity contribution is 0.392. The molecule has 3 heteroatoms. The Morgan fingerprint density at radius 2 is 2.00 bits per heavy atom. The van der Waals surface area contributed by atoms with Gasteiger partial charge in [0.2, 0.25) is 6.08 Å². The van der Waals surface area contributed by atoms with Gasteiger partial charge in [-0.2, -0.15) is 0 Å². The molecule has 0 aliphatic heterocycles. The summed E-state index contributed by atoms with van der Waals surface area (Å²) in [6.07, 6.45) is 2.53. The summed E-state index contributed by atoms with van der Waals surface area (Å²) in [4.78, 5) is 13.9. The standard InChI is InChI=1S/C15H21NO2/c1-6-11-7-12(9-16-10-17)14(18-5)13(8-11)15(2,3)4/h7-8H,6,9H2,1-5H3. The normalized spacial score (nSPS) is 10.9. The SMILES string of the molecule is CCc1cc(CN=C=O)c(OC)c(C(C)(C)C)c1. The number of ether oxygens (including phenoxy) is 1. The summed E-state index contributed by atoms with van der Waals surface area (Å²) in [7, 11) is 1.66. The monoisotopic (exact) mass is 247 g/mol. The summed E-state index contributed by atoms with van der Waals surface area (Å²) in [6.45, 7) is 8.88. The molecule has 0 heterocycles. The van der Waals surface area contributed by atoms with Crippen molar-refractivity contribution in [1.29, 1.82) is 0 Å². The summed E-state index contributed by atoms with van der Waals surface area (Å²) in [6, 6.07) is 4.22. The number of hydrogen-bond acceptors (Lipinski definition) is 3. The van der Waals surface area contributed by atoms with Crippen LogP contribution in [-0.4, -0.2) is 13.2 Å². The molecule has 0 aliphatic rings. The van der Waals surface area contributed by atoms with Gasteiger partial charge < -0.3 is 4.74 Å². The van der Waals surface area contributed by atoms with E-state index in [0.717, 1.165) is 23.3 Å². The van der Waals surface area contributed by atoms with Gasteiger partial charge in [-0.05, 0) is 17.4 Å². The van der Waals surface area contributed by atoms with E-state index in [1.165, 1.54) is 5.56 Å². The lowest BCUT2D eigenvalue weighted by Crippen LogP contribution is -2.14.